The van der Waals surface area contributed by atoms with E-state index in [1.54, 1.807) is 25.1 Å². The zero-order chi connectivity index (χ0) is 18.4. The lowest BCUT2D eigenvalue weighted by Crippen LogP contribution is -2.40. The summed E-state index contributed by atoms with van der Waals surface area (Å²) in [6, 6.07) is 5.89. The molecular formula is C20H27NO5. The van der Waals surface area contributed by atoms with E-state index in [2.05, 4.69) is 5.32 Å². The first-order chi connectivity index (χ1) is 12.5. The molecule has 1 aromatic rings. The van der Waals surface area contributed by atoms with Crippen LogP contribution in [-0.4, -0.2) is 42.0 Å². The van der Waals surface area contributed by atoms with Gasteiger partial charge in [0.15, 0.2) is 0 Å². The fourth-order valence-corrected chi connectivity index (χ4v) is 4.87. The Labute approximate surface area is 153 Å². The Balaban J connectivity index is 1.55. The number of ether oxygens (including phenoxy) is 2. The number of fused-ring (bicyclic) bond motifs is 3. The van der Waals surface area contributed by atoms with Crippen molar-refractivity contribution in [3.05, 3.63) is 29.3 Å². The van der Waals surface area contributed by atoms with Gasteiger partial charge < -0.3 is 25.0 Å². The van der Waals surface area contributed by atoms with E-state index in [1.165, 1.54) is 13.5 Å². The molecule has 2 fully saturated rings. The number of piperidine rings is 1. The smallest absolute Gasteiger partial charge is 0.311 e. The molecule has 1 saturated heterocycles. The van der Waals surface area contributed by atoms with E-state index in [4.69, 9.17) is 9.47 Å². The first-order valence-electron chi connectivity index (χ1n) is 9.45. The number of hydrogen-bond acceptors (Lipinski definition) is 6. The van der Waals surface area contributed by atoms with Crippen LogP contribution in [0.2, 0.25) is 0 Å². The van der Waals surface area contributed by atoms with Crippen LogP contribution in [0, 0.1) is 17.8 Å². The molecule has 7 atom stereocenters. The minimum atomic E-state index is -0.972. The Morgan fingerprint density at radius 3 is 2.81 bits per heavy atom. The number of carbonyl (C=O) groups excluding carboxylic acids is 1. The van der Waals surface area contributed by atoms with Crippen molar-refractivity contribution in [2.24, 2.45) is 17.8 Å². The van der Waals surface area contributed by atoms with Crippen molar-refractivity contribution in [3.8, 4) is 5.75 Å². The Morgan fingerprint density at radius 2 is 2.15 bits per heavy atom. The molecule has 4 rings (SSSR count). The zero-order valence-electron chi connectivity index (χ0n) is 15.2. The first kappa shape index (κ1) is 17.8. The lowest BCUT2D eigenvalue weighted by molar-refractivity contribution is -0.148. The second-order valence-corrected chi connectivity index (χ2v) is 7.96. The number of nitrogens with one attached hydrogen (secondary N) is 1. The molecule has 3 N–H and O–H groups in total. The molecule has 26 heavy (non-hydrogen) atoms. The van der Waals surface area contributed by atoms with Crippen molar-refractivity contribution in [1.82, 2.24) is 5.32 Å². The lowest BCUT2D eigenvalue weighted by Gasteiger charge is -2.37. The zero-order valence-corrected chi connectivity index (χ0v) is 15.2. The quantitative estimate of drug-likeness (QED) is 0.708. The third-order valence-corrected chi connectivity index (χ3v) is 6.41. The van der Waals surface area contributed by atoms with Crippen molar-refractivity contribution in [2.75, 3.05) is 13.7 Å². The largest absolute Gasteiger partial charge is 0.490 e. The fraction of sp³-hybridized carbons (Fsp3) is 0.650. The molecule has 142 valence electrons. The summed E-state index contributed by atoms with van der Waals surface area (Å²) in [5.41, 5.74) is 1.35. The Bertz CT molecular complexity index is 693. The number of esters is 1. The highest BCUT2D eigenvalue weighted by Gasteiger charge is 2.46. The third-order valence-electron chi connectivity index (χ3n) is 6.41. The molecule has 3 aliphatic rings. The van der Waals surface area contributed by atoms with Crippen LogP contribution >= 0.6 is 0 Å². The second kappa shape index (κ2) is 6.83. The van der Waals surface area contributed by atoms with Crippen LogP contribution in [0.4, 0.5) is 0 Å². The van der Waals surface area contributed by atoms with E-state index in [0.717, 1.165) is 18.5 Å². The van der Waals surface area contributed by atoms with Crippen molar-refractivity contribution >= 4 is 5.97 Å². The number of benzene rings is 1. The van der Waals surface area contributed by atoms with Crippen LogP contribution < -0.4 is 10.1 Å². The molecule has 0 radical (unpaired) electrons. The van der Waals surface area contributed by atoms with Crippen LogP contribution in [0.25, 0.3) is 0 Å². The van der Waals surface area contributed by atoms with E-state index in [1.807, 2.05) is 0 Å². The highest BCUT2D eigenvalue weighted by atomic mass is 16.5. The summed E-state index contributed by atoms with van der Waals surface area (Å²) in [7, 11) is 1.31. The summed E-state index contributed by atoms with van der Waals surface area (Å²) < 4.78 is 11.0. The van der Waals surface area contributed by atoms with Crippen molar-refractivity contribution in [2.45, 2.75) is 50.5 Å². The summed E-state index contributed by atoms with van der Waals surface area (Å²) in [5.74, 6) is 0.583. The molecule has 1 saturated carbocycles. The van der Waals surface area contributed by atoms with E-state index in [9.17, 15) is 15.0 Å². The number of carbonyl (C=O) groups is 1. The normalized spacial score (nSPS) is 34.7. The van der Waals surface area contributed by atoms with Gasteiger partial charge in [0.05, 0.1) is 25.2 Å². The molecule has 0 amide bonds. The number of methoxy groups -OCH3 is 1. The summed E-state index contributed by atoms with van der Waals surface area (Å²) in [4.78, 5) is 11.7. The van der Waals surface area contributed by atoms with E-state index in [0.29, 0.717) is 35.6 Å². The standard InChI is InChI=1S/C20H27NO5/c1-10(20(24)25-2)19(23)11-3-4-14-16(22)8-18(26-17(14)6-11)15-7-13-5-12(15)9-21-13/h3-4,6,10,12-13,15-16,18-19,21-23H,5,7-9H2,1-2H3/t10-,12+,13?,15?,16?,18?,19+/m0/s1. The number of aliphatic hydroxyl groups excluding tert-OH is 2. The molecule has 0 aromatic heterocycles. The average molecular weight is 361 g/mol. The predicted octanol–water partition coefficient (Wildman–Crippen LogP) is 1.71. The van der Waals surface area contributed by atoms with Gasteiger partial charge in [-0.2, -0.15) is 0 Å². The maximum Gasteiger partial charge on any atom is 0.311 e. The molecule has 6 heteroatoms. The van der Waals surface area contributed by atoms with Crippen molar-refractivity contribution < 1.29 is 24.5 Å². The van der Waals surface area contributed by atoms with Crippen molar-refractivity contribution in [3.63, 3.8) is 0 Å². The minimum absolute atomic E-state index is 0.0000217. The molecule has 2 heterocycles. The molecule has 0 spiro atoms. The van der Waals surface area contributed by atoms with Gasteiger partial charge in [-0.1, -0.05) is 12.1 Å². The number of hydrogen-bond donors (Lipinski definition) is 3. The topological polar surface area (TPSA) is 88.0 Å². The number of aliphatic hydroxyl groups is 2. The molecule has 1 aromatic carbocycles. The molecular weight excluding hydrogens is 334 g/mol. The maximum atomic E-state index is 11.7. The Morgan fingerprint density at radius 1 is 1.35 bits per heavy atom. The Kier molecular flexibility index (Phi) is 4.67. The lowest BCUT2D eigenvalue weighted by atomic mass is 9.84. The highest BCUT2D eigenvalue weighted by molar-refractivity contribution is 5.72. The second-order valence-electron chi connectivity index (χ2n) is 7.96. The van der Waals surface area contributed by atoms with E-state index in [-0.39, 0.29) is 6.10 Å². The molecule has 2 bridgehead atoms. The van der Waals surface area contributed by atoms with Gasteiger partial charge in [-0.05, 0) is 43.9 Å². The van der Waals surface area contributed by atoms with E-state index < -0.39 is 24.1 Å². The Hall–Kier alpha value is -1.63. The highest BCUT2D eigenvalue weighted by Crippen LogP contribution is 2.46. The third kappa shape index (κ3) is 3.00. The van der Waals surface area contributed by atoms with Crippen LogP contribution in [0.5, 0.6) is 5.75 Å². The van der Waals surface area contributed by atoms with Crippen LogP contribution in [0.15, 0.2) is 18.2 Å². The van der Waals surface area contributed by atoms with Gasteiger partial charge >= 0.3 is 5.97 Å². The van der Waals surface area contributed by atoms with Crippen LogP contribution in [0.1, 0.15) is 49.5 Å². The van der Waals surface area contributed by atoms with Crippen molar-refractivity contribution in [1.29, 1.82) is 0 Å². The van der Waals surface area contributed by atoms with Gasteiger partial charge in [-0.3, -0.25) is 4.79 Å². The molecule has 6 nitrogen and oxygen atoms in total. The van der Waals surface area contributed by atoms with Gasteiger partial charge in [0.2, 0.25) is 0 Å². The molecule has 4 unspecified atom stereocenters. The summed E-state index contributed by atoms with van der Waals surface area (Å²) in [6.45, 7) is 2.67. The SMILES string of the molecule is COC(=O)[C@@H](C)[C@@H](O)c1ccc2c(c1)OC(C1CC3C[C@@H]1CN3)CC2O. The summed E-state index contributed by atoms with van der Waals surface area (Å²) >= 11 is 0. The van der Waals surface area contributed by atoms with Gasteiger partial charge in [-0.25, -0.2) is 0 Å². The van der Waals surface area contributed by atoms with Gasteiger partial charge in [-0.15, -0.1) is 0 Å². The van der Waals surface area contributed by atoms with Gasteiger partial charge in [0.1, 0.15) is 11.9 Å². The van der Waals surface area contributed by atoms with Gasteiger partial charge in [0, 0.05) is 23.9 Å². The summed E-state index contributed by atoms with van der Waals surface area (Å²) in [5, 5.41) is 24.6. The molecule has 1 aliphatic carbocycles. The predicted molar refractivity (Wildman–Crippen MR) is 94.6 cm³/mol. The first-order valence-corrected chi connectivity index (χ1v) is 9.45. The van der Waals surface area contributed by atoms with Gasteiger partial charge in [0.25, 0.3) is 0 Å². The fourth-order valence-electron chi connectivity index (χ4n) is 4.87. The van der Waals surface area contributed by atoms with E-state index >= 15 is 0 Å². The van der Waals surface area contributed by atoms with Crippen LogP contribution in [0.3, 0.4) is 0 Å². The summed E-state index contributed by atoms with van der Waals surface area (Å²) in [6.07, 6.45) is 1.38. The molecule has 2 aliphatic heterocycles. The monoisotopic (exact) mass is 361 g/mol. The average Bonchev–Trinajstić information content (AvgIpc) is 3.29. The van der Waals surface area contributed by atoms with Crippen LogP contribution in [-0.2, 0) is 9.53 Å². The number of rotatable bonds is 4. The minimum Gasteiger partial charge on any atom is -0.490 e. The maximum absolute atomic E-state index is 11.7.